The molecular weight excluding hydrogens is 315 g/mol. The molecule has 0 bridgehead atoms. The molecule has 1 atom stereocenters. The molecule has 2 heterocycles. The standard InChI is InChI=1S/C16H19FN4O3/c1-3-20-10-18-19-15(20)13-9-21(7-8-24-13)16(22)11-5-4-6-12(23-2)14(11)17/h4-6,10,13H,3,7-9H2,1-2H3/t13-/m1/s1. The van der Waals surface area contributed by atoms with Gasteiger partial charge in [-0.3, -0.25) is 4.79 Å². The van der Waals surface area contributed by atoms with E-state index in [0.29, 0.717) is 32.1 Å². The lowest BCUT2D eigenvalue weighted by Crippen LogP contribution is -2.43. The van der Waals surface area contributed by atoms with Crippen molar-refractivity contribution < 1.29 is 18.7 Å². The van der Waals surface area contributed by atoms with E-state index in [1.165, 1.54) is 19.2 Å². The molecule has 24 heavy (non-hydrogen) atoms. The molecule has 0 N–H and O–H groups in total. The summed E-state index contributed by atoms with van der Waals surface area (Å²) in [6.45, 7) is 3.74. The zero-order valence-corrected chi connectivity index (χ0v) is 13.6. The zero-order chi connectivity index (χ0) is 17.1. The van der Waals surface area contributed by atoms with E-state index in [1.54, 1.807) is 17.3 Å². The molecule has 1 aliphatic heterocycles. The van der Waals surface area contributed by atoms with Crippen molar-refractivity contribution in [1.29, 1.82) is 0 Å². The number of methoxy groups -OCH3 is 1. The van der Waals surface area contributed by atoms with Gasteiger partial charge >= 0.3 is 0 Å². The Bertz CT molecular complexity index is 734. The normalized spacial score (nSPS) is 17.8. The van der Waals surface area contributed by atoms with E-state index in [4.69, 9.17) is 9.47 Å². The Morgan fingerprint density at radius 3 is 3.08 bits per heavy atom. The summed E-state index contributed by atoms with van der Waals surface area (Å²) < 4.78 is 26.9. The smallest absolute Gasteiger partial charge is 0.257 e. The van der Waals surface area contributed by atoms with Gasteiger partial charge in [-0.25, -0.2) is 4.39 Å². The maximum Gasteiger partial charge on any atom is 0.257 e. The van der Waals surface area contributed by atoms with E-state index >= 15 is 0 Å². The first-order valence-corrected chi connectivity index (χ1v) is 7.76. The summed E-state index contributed by atoms with van der Waals surface area (Å²) in [6, 6.07) is 4.54. The Morgan fingerprint density at radius 1 is 1.50 bits per heavy atom. The van der Waals surface area contributed by atoms with Crippen LogP contribution in [0.1, 0.15) is 29.2 Å². The van der Waals surface area contributed by atoms with Gasteiger partial charge in [-0.2, -0.15) is 0 Å². The van der Waals surface area contributed by atoms with Crippen molar-refractivity contribution in [2.75, 3.05) is 26.8 Å². The molecule has 0 radical (unpaired) electrons. The van der Waals surface area contributed by atoms with Crippen LogP contribution in [0.25, 0.3) is 0 Å². The summed E-state index contributed by atoms with van der Waals surface area (Å²) in [7, 11) is 1.37. The van der Waals surface area contributed by atoms with Gasteiger partial charge in [0.05, 0.1) is 25.8 Å². The molecular formula is C16H19FN4O3. The lowest BCUT2D eigenvalue weighted by molar-refractivity contribution is -0.0285. The number of carbonyl (C=O) groups is 1. The van der Waals surface area contributed by atoms with Gasteiger partial charge in [0, 0.05) is 13.1 Å². The number of hydrogen-bond acceptors (Lipinski definition) is 5. The quantitative estimate of drug-likeness (QED) is 0.850. The average Bonchev–Trinajstić information content (AvgIpc) is 3.10. The van der Waals surface area contributed by atoms with Gasteiger partial charge in [-0.05, 0) is 19.1 Å². The first-order chi connectivity index (χ1) is 11.7. The number of nitrogens with zero attached hydrogens (tertiary/aromatic N) is 4. The molecule has 0 aliphatic carbocycles. The predicted octanol–water partition coefficient (Wildman–Crippen LogP) is 1.66. The van der Waals surface area contributed by atoms with Crippen LogP contribution >= 0.6 is 0 Å². The Hall–Kier alpha value is -2.48. The number of amides is 1. The number of morpholine rings is 1. The Morgan fingerprint density at radius 2 is 2.33 bits per heavy atom. The van der Waals surface area contributed by atoms with Gasteiger partial charge < -0.3 is 18.9 Å². The number of carbonyl (C=O) groups excluding carboxylic acids is 1. The summed E-state index contributed by atoms with van der Waals surface area (Å²) in [5, 5.41) is 7.96. The number of ether oxygens (including phenoxy) is 2. The summed E-state index contributed by atoms with van der Waals surface area (Å²) in [4.78, 5) is 14.3. The van der Waals surface area contributed by atoms with Gasteiger partial charge in [-0.1, -0.05) is 6.07 Å². The van der Waals surface area contributed by atoms with Crippen LogP contribution in [0.2, 0.25) is 0 Å². The maximum atomic E-state index is 14.3. The van der Waals surface area contributed by atoms with Crippen molar-refractivity contribution in [2.45, 2.75) is 19.6 Å². The highest BCUT2D eigenvalue weighted by atomic mass is 19.1. The molecule has 1 fully saturated rings. The third-order valence-electron chi connectivity index (χ3n) is 4.04. The van der Waals surface area contributed by atoms with E-state index in [2.05, 4.69) is 10.2 Å². The molecule has 0 spiro atoms. The monoisotopic (exact) mass is 334 g/mol. The van der Waals surface area contributed by atoms with E-state index in [9.17, 15) is 9.18 Å². The molecule has 3 rings (SSSR count). The SMILES string of the molecule is CCn1cnnc1[C@H]1CN(C(=O)c2cccc(OC)c2F)CCO1. The molecule has 1 aliphatic rings. The highest BCUT2D eigenvalue weighted by Crippen LogP contribution is 2.25. The topological polar surface area (TPSA) is 69.5 Å². The van der Waals surface area contributed by atoms with E-state index in [1.807, 2.05) is 11.5 Å². The lowest BCUT2D eigenvalue weighted by atomic mass is 10.1. The van der Waals surface area contributed by atoms with Gasteiger partial charge in [0.15, 0.2) is 17.4 Å². The van der Waals surface area contributed by atoms with Crippen LogP contribution in [0.4, 0.5) is 4.39 Å². The fraction of sp³-hybridized carbons (Fsp3) is 0.438. The molecule has 1 aromatic carbocycles. The Balaban J connectivity index is 1.81. The third kappa shape index (κ3) is 2.96. The van der Waals surface area contributed by atoms with Crippen molar-refractivity contribution in [3.8, 4) is 5.75 Å². The van der Waals surface area contributed by atoms with E-state index in [-0.39, 0.29) is 23.3 Å². The molecule has 2 aromatic rings. The minimum absolute atomic E-state index is 0.00745. The summed E-state index contributed by atoms with van der Waals surface area (Å²) in [5.41, 5.74) is -0.00745. The highest BCUT2D eigenvalue weighted by molar-refractivity contribution is 5.95. The Kier molecular flexibility index (Phi) is 4.75. The van der Waals surface area contributed by atoms with Crippen LogP contribution in [0.15, 0.2) is 24.5 Å². The maximum absolute atomic E-state index is 14.3. The number of hydrogen-bond donors (Lipinski definition) is 0. The van der Waals surface area contributed by atoms with Crippen molar-refractivity contribution in [3.63, 3.8) is 0 Å². The fourth-order valence-electron chi connectivity index (χ4n) is 2.75. The molecule has 8 heteroatoms. The molecule has 1 aromatic heterocycles. The third-order valence-corrected chi connectivity index (χ3v) is 4.04. The highest BCUT2D eigenvalue weighted by Gasteiger charge is 2.30. The first-order valence-electron chi connectivity index (χ1n) is 7.76. The van der Waals surface area contributed by atoms with Crippen LogP contribution in [0, 0.1) is 5.82 Å². The largest absolute Gasteiger partial charge is 0.494 e. The van der Waals surface area contributed by atoms with E-state index < -0.39 is 5.82 Å². The molecule has 0 unspecified atom stereocenters. The van der Waals surface area contributed by atoms with Crippen LogP contribution < -0.4 is 4.74 Å². The number of rotatable bonds is 4. The van der Waals surface area contributed by atoms with Crippen molar-refractivity contribution in [3.05, 3.63) is 41.7 Å². The number of halogens is 1. The van der Waals surface area contributed by atoms with Crippen molar-refractivity contribution >= 4 is 5.91 Å². The minimum atomic E-state index is -0.648. The fourth-order valence-corrected chi connectivity index (χ4v) is 2.75. The summed E-state index contributed by atoms with van der Waals surface area (Å²) in [6.07, 6.45) is 1.25. The van der Waals surface area contributed by atoms with Gasteiger partial charge in [0.1, 0.15) is 12.4 Å². The molecule has 1 saturated heterocycles. The zero-order valence-electron chi connectivity index (χ0n) is 13.6. The molecule has 0 saturated carbocycles. The van der Waals surface area contributed by atoms with E-state index in [0.717, 1.165) is 0 Å². The van der Waals surface area contributed by atoms with Gasteiger partial charge in [0.2, 0.25) is 0 Å². The van der Waals surface area contributed by atoms with Crippen LogP contribution in [-0.2, 0) is 11.3 Å². The minimum Gasteiger partial charge on any atom is -0.494 e. The molecule has 1 amide bonds. The molecule has 128 valence electrons. The summed E-state index contributed by atoms with van der Waals surface area (Å²) in [5.74, 6) is -0.315. The van der Waals surface area contributed by atoms with Crippen LogP contribution in [0.3, 0.4) is 0 Å². The average molecular weight is 334 g/mol. The van der Waals surface area contributed by atoms with Crippen LogP contribution in [-0.4, -0.2) is 52.4 Å². The number of aromatic nitrogens is 3. The van der Waals surface area contributed by atoms with Crippen LogP contribution in [0.5, 0.6) is 5.75 Å². The predicted molar refractivity (Wildman–Crippen MR) is 83.2 cm³/mol. The molecule has 7 nitrogen and oxygen atoms in total. The second-order valence-corrected chi connectivity index (χ2v) is 5.41. The Labute approximate surface area is 139 Å². The number of benzene rings is 1. The summed E-state index contributed by atoms with van der Waals surface area (Å²) >= 11 is 0. The van der Waals surface area contributed by atoms with Gasteiger partial charge in [-0.15, -0.1) is 10.2 Å². The number of aryl methyl sites for hydroxylation is 1. The lowest BCUT2D eigenvalue weighted by Gasteiger charge is -2.32. The van der Waals surface area contributed by atoms with Crippen molar-refractivity contribution in [2.24, 2.45) is 0 Å². The second-order valence-electron chi connectivity index (χ2n) is 5.41. The van der Waals surface area contributed by atoms with Crippen molar-refractivity contribution in [1.82, 2.24) is 19.7 Å². The first kappa shape index (κ1) is 16.4. The second kappa shape index (κ2) is 6.96. The van der Waals surface area contributed by atoms with Gasteiger partial charge in [0.25, 0.3) is 5.91 Å².